The predicted molar refractivity (Wildman–Crippen MR) is 122 cm³/mol. The number of imidazole rings is 1. The Balaban J connectivity index is 1.70. The summed E-state index contributed by atoms with van der Waals surface area (Å²) in [5.74, 6) is 0.183. The van der Waals surface area contributed by atoms with Crippen LogP contribution in [-0.4, -0.2) is 69.7 Å². The molecule has 8 heteroatoms. The third-order valence-electron chi connectivity index (χ3n) is 5.63. The molecule has 2 aromatic rings. The van der Waals surface area contributed by atoms with Crippen molar-refractivity contribution in [3.63, 3.8) is 0 Å². The predicted octanol–water partition coefficient (Wildman–Crippen LogP) is 3.57. The topological polar surface area (TPSA) is 79.7 Å². The van der Waals surface area contributed by atoms with Crippen LogP contribution in [0.15, 0.2) is 24.3 Å². The Kier molecular flexibility index (Phi) is 7.20. The lowest BCUT2D eigenvalue weighted by Gasteiger charge is -2.24. The smallest absolute Gasteiger partial charge is 0.410 e. The molecule has 0 radical (unpaired) electrons. The van der Waals surface area contributed by atoms with Gasteiger partial charge in [0.15, 0.2) is 0 Å². The number of hydrogen-bond acceptors (Lipinski definition) is 5. The number of hydrogen-bond donors (Lipinski definition) is 1. The molecule has 1 fully saturated rings. The van der Waals surface area contributed by atoms with Crippen LogP contribution >= 0.6 is 0 Å². The van der Waals surface area contributed by atoms with E-state index in [9.17, 15) is 9.59 Å². The van der Waals surface area contributed by atoms with Crippen LogP contribution in [0.2, 0.25) is 0 Å². The molecule has 1 aromatic carbocycles. The number of anilines is 1. The number of likely N-dealkylation sites (tertiary alicyclic amines) is 1. The van der Waals surface area contributed by atoms with Gasteiger partial charge in [0.2, 0.25) is 11.9 Å². The summed E-state index contributed by atoms with van der Waals surface area (Å²) in [6, 6.07) is 7.92. The summed E-state index contributed by atoms with van der Waals surface area (Å²) in [5, 5.41) is 3.03. The normalized spacial score (nSPS) is 16.8. The van der Waals surface area contributed by atoms with Crippen LogP contribution in [0.4, 0.5) is 10.7 Å². The lowest BCUT2D eigenvalue weighted by atomic mass is 10.1. The number of para-hydroxylation sites is 2. The second kappa shape index (κ2) is 9.68. The number of rotatable bonds is 7. The summed E-state index contributed by atoms with van der Waals surface area (Å²) < 4.78 is 7.51. The molecule has 1 saturated heterocycles. The third-order valence-corrected chi connectivity index (χ3v) is 5.63. The zero-order chi connectivity index (χ0) is 22.6. The van der Waals surface area contributed by atoms with E-state index in [2.05, 4.69) is 33.6 Å². The molecule has 2 amide bonds. The Morgan fingerprint density at radius 3 is 2.61 bits per heavy atom. The number of nitrogens with zero attached hydrogens (tertiary/aromatic N) is 4. The van der Waals surface area contributed by atoms with E-state index in [0.717, 1.165) is 37.2 Å². The maximum atomic E-state index is 13.0. The maximum Gasteiger partial charge on any atom is 0.410 e. The van der Waals surface area contributed by atoms with Gasteiger partial charge in [-0.3, -0.25) is 10.1 Å². The molecule has 1 N–H and O–H groups in total. The summed E-state index contributed by atoms with van der Waals surface area (Å²) in [5.41, 5.74) is 1.32. The van der Waals surface area contributed by atoms with Gasteiger partial charge in [-0.15, -0.1) is 0 Å². The monoisotopic (exact) mass is 429 g/mol. The maximum absolute atomic E-state index is 13.0. The Labute approximate surface area is 184 Å². The summed E-state index contributed by atoms with van der Waals surface area (Å²) in [6.07, 6.45) is 0.249. The van der Waals surface area contributed by atoms with Crippen LogP contribution in [0.5, 0.6) is 0 Å². The van der Waals surface area contributed by atoms with Crippen molar-refractivity contribution in [1.29, 1.82) is 0 Å². The molecule has 0 aliphatic carbocycles. The van der Waals surface area contributed by atoms with Crippen LogP contribution < -0.4 is 5.32 Å². The standard InChI is InChI=1S/C23H35N5O3/c1-6-26(7-2)14-15-28-19-11-9-8-10-18(19)24-21(28)25-20(29)17-12-13-27(16-17)22(30)31-23(3,4)5/h8-11,17H,6-7,12-16H2,1-5H3,(H,24,25,29). The molecule has 0 bridgehead atoms. The van der Waals surface area contributed by atoms with E-state index in [1.807, 2.05) is 45.0 Å². The van der Waals surface area contributed by atoms with Crippen molar-refractivity contribution in [3.05, 3.63) is 24.3 Å². The number of nitrogens with one attached hydrogen (secondary N) is 1. The minimum absolute atomic E-state index is 0.106. The first-order valence-corrected chi connectivity index (χ1v) is 11.2. The first kappa shape index (κ1) is 23.1. The highest BCUT2D eigenvalue weighted by molar-refractivity contribution is 5.93. The quantitative estimate of drug-likeness (QED) is 0.728. The number of benzene rings is 1. The first-order chi connectivity index (χ1) is 14.7. The number of carbonyl (C=O) groups is 2. The number of ether oxygens (including phenoxy) is 1. The molecular weight excluding hydrogens is 394 g/mol. The van der Waals surface area contributed by atoms with Crippen molar-refractivity contribution < 1.29 is 14.3 Å². The van der Waals surface area contributed by atoms with Gasteiger partial charge in [-0.05, 0) is 52.4 Å². The van der Waals surface area contributed by atoms with E-state index in [0.29, 0.717) is 25.5 Å². The van der Waals surface area contributed by atoms with Crippen molar-refractivity contribution in [2.45, 2.75) is 53.2 Å². The Bertz CT molecular complexity index is 914. The summed E-state index contributed by atoms with van der Waals surface area (Å²) >= 11 is 0. The highest BCUT2D eigenvalue weighted by Crippen LogP contribution is 2.23. The molecule has 170 valence electrons. The first-order valence-electron chi connectivity index (χ1n) is 11.2. The highest BCUT2D eigenvalue weighted by Gasteiger charge is 2.34. The van der Waals surface area contributed by atoms with E-state index < -0.39 is 5.60 Å². The molecule has 1 unspecified atom stereocenters. The molecule has 1 aliphatic rings. The zero-order valence-corrected chi connectivity index (χ0v) is 19.4. The van der Waals surface area contributed by atoms with Gasteiger partial charge < -0.3 is 19.1 Å². The van der Waals surface area contributed by atoms with Gasteiger partial charge >= 0.3 is 6.09 Å². The van der Waals surface area contributed by atoms with E-state index in [1.165, 1.54) is 0 Å². The SMILES string of the molecule is CCN(CC)CCn1c(NC(=O)C2CCN(C(=O)OC(C)(C)C)C2)nc2ccccc21. The van der Waals surface area contributed by atoms with Crippen LogP contribution in [0.1, 0.15) is 41.0 Å². The number of likely N-dealkylation sites (N-methyl/N-ethyl adjacent to an activating group) is 1. The highest BCUT2D eigenvalue weighted by atomic mass is 16.6. The van der Waals surface area contributed by atoms with Crippen LogP contribution in [0.25, 0.3) is 11.0 Å². The van der Waals surface area contributed by atoms with Crippen molar-refractivity contribution in [2.75, 3.05) is 38.0 Å². The molecule has 1 aliphatic heterocycles. The van der Waals surface area contributed by atoms with Crippen molar-refractivity contribution in [2.24, 2.45) is 5.92 Å². The molecule has 0 saturated carbocycles. The molecule has 2 heterocycles. The number of amides is 2. The van der Waals surface area contributed by atoms with E-state index in [1.54, 1.807) is 4.90 Å². The molecule has 3 rings (SSSR count). The number of aromatic nitrogens is 2. The van der Waals surface area contributed by atoms with Gasteiger partial charge in [-0.25, -0.2) is 9.78 Å². The second-order valence-electron chi connectivity index (χ2n) is 9.00. The lowest BCUT2D eigenvalue weighted by molar-refractivity contribution is -0.119. The van der Waals surface area contributed by atoms with Gasteiger partial charge in [0.1, 0.15) is 5.60 Å². The minimum atomic E-state index is -0.548. The Morgan fingerprint density at radius 2 is 1.94 bits per heavy atom. The molecular formula is C23H35N5O3. The molecule has 8 nitrogen and oxygen atoms in total. The Hall–Kier alpha value is -2.61. The van der Waals surface area contributed by atoms with E-state index >= 15 is 0 Å². The number of carbonyl (C=O) groups excluding carboxylic acids is 2. The van der Waals surface area contributed by atoms with Gasteiger partial charge in [0.05, 0.1) is 17.0 Å². The van der Waals surface area contributed by atoms with Crippen LogP contribution in [-0.2, 0) is 16.1 Å². The number of fused-ring (bicyclic) bond motifs is 1. The summed E-state index contributed by atoms with van der Waals surface area (Å²) in [7, 11) is 0. The average molecular weight is 430 g/mol. The van der Waals surface area contributed by atoms with E-state index in [-0.39, 0.29) is 17.9 Å². The fourth-order valence-electron chi connectivity index (χ4n) is 3.86. The van der Waals surface area contributed by atoms with Gasteiger partial charge in [0, 0.05) is 26.2 Å². The lowest BCUT2D eigenvalue weighted by Crippen LogP contribution is -2.36. The average Bonchev–Trinajstić information content (AvgIpc) is 3.33. The molecule has 31 heavy (non-hydrogen) atoms. The van der Waals surface area contributed by atoms with Crippen LogP contribution in [0.3, 0.4) is 0 Å². The summed E-state index contributed by atoms with van der Waals surface area (Å²) in [4.78, 5) is 33.9. The third kappa shape index (κ3) is 5.76. The van der Waals surface area contributed by atoms with E-state index in [4.69, 9.17) is 4.74 Å². The van der Waals surface area contributed by atoms with Crippen molar-refractivity contribution >= 4 is 29.0 Å². The Morgan fingerprint density at radius 1 is 1.23 bits per heavy atom. The molecule has 0 spiro atoms. The minimum Gasteiger partial charge on any atom is -0.444 e. The van der Waals surface area contributed by atoms with Gasteiger partial charge in [-0.2, -0.15) is 0 Å². The zero-order valence-electron chi connectivity index (χ0n) is 19.4. The van der Waals surface area contributed by atoms with Crippen molar-refractivity contribution in [3.8, 4) is 0 Å². The van der Waals surface area contributed by atoms with Crippen LogP contribution in [0, 0.1) is 5.92 Å². The summed E-state index contributed by atoms with van der Waals surface area (Å²) in [6.45, 7) is 14.3. The fourth-order valence-corrected chi connectivity index (χ4v) is 3.86. The fraction of sp³-hybridized carbons (Fsp3) is 0.609. The van der Waals surface area contributed by atoms with Crippen molar-refractivity contribution in [1.82, 2.24) is 19.4 Å². The van der Waals surface area contributed by atoms with Gasteiger partial charge in [-0.1, -0.05) is 26.0 Å². The second-order valence-corrected chi connectivity index (χ2v) is 9.00. The molecule has 1 atom stereocenters. The van der Waals surface area contributed by atoms with Gasteiger partial charge in [0.25, 0.3) is 0 Å². The molecule has 1 aromatic heterocycles. The largest absolute Gasteiger partial charge is 0.444 e.